The molecule has 0 fully saturated rings. The number of hydrogen-bond acceptors (Lipinski definition) is 37. The second-order valence-corrected chi connectivity index (χ2v) is 36.3. The summed E-state index contributed by atoms with van der Waals surface area (Å²) in [6, 6.07) is 41.6. The van der Waals surface area contributed by atoms with Gasteiger partial charge in [-0.05, 0) is 127 Å². The summed E-state index contributed by atoms with van der Waals surface area (Å²) in [4.78, 5) is 131. The number of pyridine rings is 1. The second kappa shape index (κ2) is 55.3. The minimum atomic E-state index is -3.17. The van der Waals surface area contributed by atoms with E-state index in [1.54, 1.807) is 167 Å². The van der Waals surface area contributed by atoms with Crippen molar-refractivity contribution in [1.82, 2.24) is 64.8 Å². The van der Waals surface area contributed by atoms with Crippen LogP contribution in [0.25, 0.3) is 0 Å². The smallest absolute Gasteiger partial charge is 0.412 e. The van der Waals surface area contributed by atoms with Crippen LogP contribution in [0, 0.1) is 22.7 Å². The molecule has 0 atom stereocenters. The largest absolute Gasteiger partial charge is 0.490 e. The normalized spacial score (nSPS) is 13.0. The van der Waals surface area contributed by atoms with Gasteiger partial charge in [0.05, 0.1) is 223 Å². The number of methoxy groups -OCH3 is 2. The van der Waals surface area contributed by atoms with Crippen LogP contribution in [0.3, 0.4) is 0 Å². The molecule has 0 aliphatic carbocycles. The van der Waals surface area contributed by atoms with Gasteiger partial charge in [-0.2, -0.15) is 22.3 Å². The number of aromatic amines is 6. The number of ether oxygens (including phenoxy) is 13. The topological polar surface area (TPSA) is 581 Å². The lowest BCUT2D eigenvalue weighted by molar-refractivity contribution is 0.134. The Morgan fingerprint density at radius 3 is 1.03 bits per heavy atom. The molecule has 0 unspecified atom stereocenters. The van der Waals surface area contributed by atoms with Crippen molar-refractivity contribution < 1.29 is 98.8 Å². The Hall–Kier alpha value is -17.8. The lowest BCUT2D eigenvalue weighted by atomic mass is 10.2. The van der Waals surface area contributed by atoms with E-state index in [2.05, 4.69) is 137 Å². The number of anilines is 12. The number of nitrogens with one attached hydrogen (secondary N) is 12. The van der Waals surface area contributed by atoms with Crippen molar-refractivity contribution in [3.8, 4) is 46.6 Å². The van der Waals surface area contributed by atoms with Crippen LogP contribution in [-0.4, -0.2) is 260 Å². The van der Waals surface area contributed by atoms with Gasteiger partial charge in [-0.25, -0.2) is 72.1 Å². The number of thioether (sulfide) groups is 1. The maximum absolute atomic E-state index is 12.2. The molecule has 50 heteroatoms. The molecule has 6 aliphatic rings. The van der Waals surface area contributed by atoms with Gasteiger partial charge in [0, 0.05) is 97.8 Å². The van der Waals surface area contributed by atoms with Gasteiger partial charge in [0.15, 0.2) is 21.4 Å². The van der Waals surface area contributed by atoms with Crippen molar-refractivity contribution in [2.24, 2.45) is 0 Å². The lowest BCUT2D eigenvalue weighted by Gasteiger charge is -2.31. The van der Waals surface area contributed by atoms with Crippen LogP contribution < -0.4 is 89.7 Å². The number of carbonyl (C=O) groups excluding carboxylic acids is 6. The highest BCUT2D eigenvalue weighted by molar-refractivity contribution is 7.98. The van der Waals surface area contributed by atoms with Gasteiger partial charge in [0.25, 0.3) is 0 Å². The number of H-pyrrole nitrogens is 6. The van der Waals surface area contributed by atoms with Crippen LogP contribution in [0.15, 0.2) is 203 Å². The molecule has 7 aromatic heterocycles. The van der Waals surface area contributed by atoms with Crippen molar-refractivity contribution in [3.05, 3.63) is 248 Å². The van der Waals surface area contributed by atoms with Crippen LogP contribution in [0.1, 0.15) is 58.1 Å². The van der Waals surface area contributed by atoms with Gasteiger partial charge in [-0.15, -0.1) is 0 Å². The third-order valence-corrected chi connectivity index (χ3v) is 23.8. The Labute approximate surface area is 860 Å². The van der Waals surface area contributed by atoms with E-state index in [-0.39, 0.29) is 32.0 Å². The first-order valence-corrected chi connectivity index (χ1v) is 50.5. The van der Waals surface area contributed by atoms with Crippen molar-refractivity contribution in [2.75, 3.05) is 211 Å². The fraction of sp³-hybridized carbons (Fsp3) is 0.323. The molecule has 782 valence electrons. The van der Waals surface area contributed by atoms with Crippen LogP contribution >= 0.6 is 11.8 Å². The number of nitriles is 2. The molecular weight excluding hydrogens is 1970 g/mol. The number of benzene rings is 6. The molecule has 0 bridgehead atoms. The van der Waals surface area contributed by atoms with Gasteiger partial charge < -0.3 is 121 Å². The minimum absolute atomic E-state index is 0.0718. The summed E-state index contributed by atoms with van der Waals surface area (Å²) < 4.78 is 90.9. The standard InChI is InChI=1S/C21H19N5O3.C17H22N4O4.C16H17N5O3.C16H20N4O5S.C16H20N4O3S.C13H15N5O3/c22-10-15-1-3-16(4-2-15)13-29-21(27)25-17-5-6-20-19(9-17)26(7-8-28-20)12-18-11-23-14-24-18;1-23-6-2-7-25-17(22)20-13-3-4-16-15(9-13)21(5-8-24-16)11-14-10-18-12-19-14;17-4-1-6-24-16(22)20-12-2-3-15-14(8-12)21(5-7-23-15)10-13-9-18-11-19-13;1-26(22,23)7-6-25-16(21)19-12-2-3-15-14(8-12)20(4-5-24-15)10-13-9-17-11-18-13;1-24-7-6-23-16(21)19-12-2-3-15-14(8-12)20(4-5-22-15)10-13-9-17-11-18-13;1-20-13(19)17-11-3-2-10-12(16-11)18(4-5-21-10)7-9-6-14-8-15-9/h1-6,9,11,14H,7-8,12-13H2,(H,23,24)(H,25,27);3-4,9-10,12H,2,5-8,11H2,1H3,(H,18,19)(H,20,22);2-3,8-9,11H,1,5-7,10H2,(H,18,19)(H,20,22);2-3,8-9,11H,4-7,10H2,1H3,(H,17,18)(H,19,21);2-3,8-9,11H,4-7,10H2,1H3,(H,17,18)(H,19,21);2-3,6,8H,4-5,7H2,1H3,(H,14,15)(H,16,17,19). The average molecular weight is 2080 g/mol. The molecule has 13 aromatic rings. The van der Waals surface area contributed by atoms with E-state index in [9.17, 15) is 37.2 Å². The first kappa shape index (κ1) is 107. The number of hydrogen-bond donors (Lipinski definition) is 12. The van der Waals surface area contributed by atoms with Crippen LogP contribution in [0.4, 0.5) is 97.3 Å². The Balaban J connectivity index is 0.000000141. The van der Waals surface area contributed by atoms with Gasteiger partial charge in [-0.1, -0.05) is 12.1 Å². The summed E-state index contributed by atoms with van der Waals surface area (Å²) in [6.45, 7) is 13.3. The molecule has 0 saturated heterocycles. The fourth-order valence-corrected chi connectivity index (χ4v) is 15.9. The average Bonchev–Trinajstić information content (AvgIpc) is 1.56. The Bertz CT molecular complexity index is 6670. The number of sulfone groups is 1. The zero-order valence-corrected chi connectivity index (χ0v) is 83.6. The Morgan fingerprint density at radius 1 is 0.389 bits per heavy atom. The molecule has 19 rings (SSSR count). The maximum atomic E-state index is 12.2. The summed E-state index contributed by atoms with van der Waals surface area (Å²) in [5.41, 5.74) is 15.0. The SMILES string of the molecule is COC(=O)Nc1ccc2c(n1)N(Cc1cnc[nH]1)CCO2.COCCCOC(=O)Nc1ccc2c(c1)N(Cc1cnc[nH]1)CCO2.CS(=O)(=O)CCOC(=O)Nc1ccc2c(c1)N(Cc1cnc[nH]1)CCO2.CSCCOC(=O)Nc1ccc2c(c1)N(Cc1cnc[nH]1)CCO2.N#CCCOC(=O)Nc1ccc2c(c1)N(Cc1cnc[nH]1)CCO2.N#Cc1ccc(COC(=O)Nc2ccc3c(c2)N(Cc2cnc[nH]2)CCO3)cc1. The van der Waals surface area contributed by atoms with E-state index < -0.39 is 46.4 Å². The first-order chi connectivity index (χ1) is 72.6. The number of carbonyl (C=O) groups is 6. The van der Waals surface area contributed by atoms with Gasteiger partial charge in [0.2, 0.25) is 0 Å². The molecule has 0 radical (unpaired) electrons. The number of imidazole rings is 6. The van der Waals surface area contributed by atoms with Crippen molar-refractivity contribution in [2.45, 2.75) is 58.7 Å². The van der Waals surface area contributed by atoms with Gasteiger partial charge in [0.1, 0.15) is 101 Å². The van der Waals surface area contributed by atoms with Crippen LogP contribution in [-0.2, 0) is 88.9 Å². The highest BCUT2D eigenvalue weighted by Gasteiger charge is 2.29. The zero-order chi connectivity index (χ0) is 104. The summed E-state index contributed by atoms with van der Waals surface area (Å²) in [5.74, 6) is 6.23. The molecule has 48 nitrogen and oxygen atoms in total. The predicted molar refractivity (Wildman–Crippen MR) is 553 cm³/mol. The zero-order valence-electron chi connectivity index (χ0n) is 81.9. The molecule has 0 saturated carbocycles. The van der Waals surface area contributed by atoms with Gasteiger partial charge >= 0.3 is 36.6 Å². The molecule has 13 heterocycles. The quantitative estimate of drug-likeness (QED) is 0.0138. The number of aromatic nitrogens is 13. The molecule has 12 N–H and O–H groups in total. The van der Waals surface area contributed by atoms with Crippen molar-refractivity contribution >= 4 is 127 Å². The summed E-state index contributed by atoms with van der Waals surface area (Å²) in [7, 11) is -0.251. The van der Waals surface area contributed by atoms with E-state index in [4.69, 9.17) is 67.4 Å². The highest BCUT2D eigenvalue weighted by Crippen LogP contribution is 2.41. The summed E-state index contributed by atoms with van der Waals surface area (Å²) >= 11 is 1.63. The van der Waals surface area contributed by atoms with Crippen molar-refractivity contribution in [3.63, 3.8) is 0 Å². The molecular formula is C99H113N27O21S2. The number of rotatable bonds is 32. The minimum Gasteiger partial charge on any atom is -0.490 e. The maximum Gasteiger partial charge on any atom is 0.412 e. The van der Waals surface area contributed by atoms with E-state index in [0.29, 0.717) is 170 Å². The third-order valence-electron chi connectivity index (χ3n) is 22.3. The fourth-order valence-electron chi connectivity index (χ4n) is 15.2. The van der Waals surface area contributed by atoms with Crippen LogP contribution in [0.5, 0.6) is 34.5 Å². The Kier molecular flexibility index (Phi) is 39.7. The molecule has 149 heavy (non-hydrogen) atoms. The predicted octanol–water partition coefficient (Wildman–Crippen LogP) is 13.6. The third kappa shape index (κ3) is 33.6. The molecule has 0 spiro atoms. The van der Waals surface area contributed by atoms with E-state index in [1.807, 2.05) is 66.9 Å². The van der Waals surface area contributed by atoms with E-state index >= 15 is 0 Å². The second-order valence-electron chi connectivity index (χ2n) is 33.1. The van der Waals surface area contributed by atoms with E-state index in [1.165, 1.54) is 7.11 Å². The molecule has 6 aromatic carbocycles. The lowest BCUT2D eigenvalue weighted by Crippen LogP contribution is -2.33. The monoisotopic (exact) mass is 2080 g/mol. The Morgan fingerprint density at radius 2 is 0.711 bits per heavy atom. The van der Waals surface area contributed by atoms with E-state index in [0.717, 1.165) is 135 Å². The number of nitrogens with zero attached hydrogens (tertiary/aromatic N) is 15. The van der Waals surface area contributed by atoms with Crippen LogP contribution in [0.2, 0.25) is 0 Å². The summed E-state index contributed by atoms with van der Waals surface area (Å²) in [5, 5.41) is 33.3. The van der Waals surface area contributed by atoms with Gasteiger partial charge in [-0.3, -0.25) is 31.9 Å². The first-order valence-electron chi connectivity index (χ1n) is 47.0. The summed E-state index contributed by atoms with van der Waals surface area (Å²) in [6.07, 6.45) is 21.2. The number of fused-ring (bicyclic) bond motifs is 6. The number of amides is 6. The molecule has 6 aliphatic heterocycles. The highest BCUT2D eigenvalue weighted by atomic mass is 32.2. The molecule has 6 amide bonds. The van der Waals surface area contributed by atoms with Crippen molar-refractivity contribution in [1.29, 1.82) is 10.5 Å².